The van der Waals surface area contributed by atoms with E-state index in [2.05, 4.69) is 5.32 Å². The Kier molecular flexibility index (Phi) is 4.81. The molecule has 0 saturated carbocycles. The molecule has 160 valence electrons. The molecule has 3 aromatic rings. The average Bonchev–Trinajstić information content (AvgIpc) is 3.21. The summed E-state index contributed by atoms with van der Waals surface area (Å²) in [6.07, 6.45) is -1.14. The van der Waals surface area contributed by atoms with Crippen LogP contribution in [-0.4, -0.2) is 35.0 Å². The van der Waals surface area contributed by atoms with Crippen molar-refractivity contribution in [1.29, 1.82) is 0 Å². The molecule has 1 aromatic heterocycles. The Labute approximate surface area is 183 Å². The molecular formula is C23H21ClN2O5. The van der Waals surface area contributed by atoms with Crippen molar-refractivity contribution in [2.24, 2.45) is 5.41 Å². The van der Waals surface area contributed by atoms with E-state index in [-0.39, 0.29) is 11.8 Å². The smallest absolute Gasteiger partial charge is 0.405 e. The van der Waals surface area contributed by atoms with Crippen molar-refractivity contribution >= 4 is 40.5 Å². The molecule has 0 radical (unpaired) electrons. The molecule has 8 heteroatoms. The molecule has 1 aliphatic rings. The quantitative estimate of drug-likeness (QED) is 0.536. The third-order valence-corrected chi connectivity index (χ3v) is 5.71. The monoisotopic (exact) mass is 440 g/mol. The number of halogens is 1. The highest BCUT2D eigenvalue weighted by molar-refractivity contribution is 6.35. The minimum atomic E-state index is -1.14. The van der Waals surface area contributed by atoms with Crippen LogP contribution >= 0.6 is 11.6 Å². The van der Waals surface area contributed by atoms with Crippen LogP contribution in [0.5, 0.6) is 0 Å². The van der Waals surface area contributed by atoms with Gasteiger partial charge in [0.1, 0.15) is 5.76 Å². The second kappa shape index (κ2) is 7.13. The molecule has 0 aliphatic carbocycles. The molecule has 7 nitrogen and oxygen atoms in total. The van der Waals surface area contributed by atoms with Crippen LogP contribution in [0.15, 0.2) is 40.8 Å². The number of carboxylic acid groups (broad SMARTS) is 1. The van der Waals surface area contributed by atoms with Gasteiger partial charge in [-0.2, -0.15) is 0 Å². The van der Waals surface area contributed by atoms with Gasteiger partial charge in [-0.15, -0.1) is 0 Å². The zero-order valence-electron chi connectivity index (χ0n) is 17.4. The first kappa shape index (κ1) is 20.9. The van der Waals surface area contributed by atoms with Crippen molar-refractivity contribution in [2.75, 3.05) is 7.05 Å². The van der Waals surface area contributed by atoms with Gasteiger partial charge in [0.05, 0.1) is 22.2 Å². The van der Waals surface area contributed by atoms with E-state index in [1.165, 1.54) is 7.05 Å². The molecule has 3 amide bonds. The van der Waals surface area contributed by atoms with Gasteiger partial charge in [0, 0.05) is 12.4 Å². The van der Waals surface area contributed by atoms with Gasteiger partial charge in [-0.05, 0) is 46.9 Å². The molecule has 0 fully saturated rings. The van der Waals surface area contributed by atoms with Crippen molar-refractivity contribution in [2.45, 2.75) is 26.8 Å². The van der Waals surface area contributed by atoms with Crippen LogP contribution in [-0.2, 0) is 0 Å². The van der Waals surface area contributed by atoms with Gasteiger partial charge >= 0.3 is 6.09 Å². The number of fused-ring (bicyclic) bond motifs is 2. The third-order valence-electron chi connectivity index (χ3n) is 5.43. The molecule has 0 spiro atoms. The molecule has 1 aliphatic heterocycles. The Bertz CT molecular complexity index is 1250. The fourth-order valence-electron chi connectivity index (χ4n) is 3.82. The first-order chi connectivity index (χ1) is 14.5. The number of carbonyl (C=O) groups is 3. The van der Waals surface area contributed by atoms with Crippen LogP contribution in [0.4, 0.5) is 4.79 Å². The minimum Gasteiger partial charge on any atom is -0.465 e. The van der Waals surface area contributed by atoms with E-state index >= 15 is 0 Å². The largest absolute Gasteiger partial charge is 0.465 e. The maximum absolute atomic E-state index is 12.3. The molecule has 1 atom stereocenters. The Morgan fingerprint density at radius 1 is 1.06 bits per heavy atom. The molecule has 4 rings (SSSR count). The van der Waals surface area contributed by atoms with E-state index in [0.717, 1.165) is 16.0 Å². The zero-order valence-corrected chi connectivity index (χ0v) is 18.2. The Balaban J connectivity index is 1.80. The molecule has 0 bridgehead atoms. The molecule has 2 aromatic carbocycles. The Hall–Kier alpha value is -3.32. The predicted molar refractivity (Wildman–Crippen MR) is 116 cm³/mol. The SMILES string of the molecule is CN1C(=O)c2ccc(-c3cc(Cl)c4oc(C(NC(=O)O)C(C)(C)C)cc4c3)cc2C1=O. The standard InChI is InChI=1S/C23H21ClN2O5/c1-23(2,3)19(25-22(29)30)17-10-13-7-12(9-16(24)18(13)31-17)11-5-6-14-15(8-11)21(28)26(4)20(14)27/h5-10,19,25H,1-4H3,(H,29,30). The second-order valence-corrected chi connectivity index (χ2v) is 9.11. The van der Waals surface area contributed by atoms with Crippen LogP contribution in [0.3, 0.4) is 0 Å². The zero-order chi connectivity index (χ0) is 22.7. The summed E-state index contributed by atoms with van der Waals surface area (Å²) in [5.74, 6) is -0.202. The van der Waals surface area contributed by atoms with Crippen molar-refractivity contribution in [3.8, 4) is 11.1 Å². The number of hydrogen-bond donors (Lipinski definition) is 2. The van der Waals surface area contributed by atoms with E-state index in [1.807, 2.05) is 26.8 Å². The average molecular weight is 441 g/mol. The molecule has 31 heavy (non-hydrogen) atoms. The van der Waals surface area contributed by atoms with Crippen molar-refractivity contribution in [1.82, 2.24) is 10.2 Å². The maximum Gasteiger partial charge on any atom is 0.405 e. The summed E-state index contributed by atoms with van der Waals surface area (Å²) in [7, 11) is 1.46. The summed E-state index contributed by atoms with van der Waals surface area (Å²) >= 11 is 6.48. The highest BCUT2D eigenvalue weighted by Gasteiger charge is 2.33. The lowest BCUT2D eigenvalue weighted by Crippen LogP contribution is -2.35. The van der Waals surface area contributed by atoms with E-state index in [4.69, 9.17) is 16.0 Å². The van der Waals surface area contributed by atoms with Crippen molar-refractivity contribution in [3.63, 3.8) is 0 Å². The van der Waals surface area contributed by atoms with Crippen molar-refractivity contribution in [3.05, 3.63) is 58.3 Å². The number of carbonyl (C=O) groups excluding carboxylic acids is 2. The van der Waals surface area contributed by atoms with Gasteiger partial charge in [0.25, 0.3) is 11.8 Å². The molecule has 2 heterocycles. The summed E-state index contributed by atoms with van der Waals surface area (Å²) in [6, 6.07) is 9.87. The highest BCUT2D eigenvalue weighted by Crippen LogP contribution is 2.39. The highest BCUT2D eigenvalue weighted by atomic mass is 35.5. The van der Waals surface area contributed by atoms with E-state index < -0.39 is 17.6 Å². The summed E-state index contributed by atoms with van der Waals surface area (Å²) in [4.78, 5) is 36.8. The summed E-state index contributed by atoms with van der Waals surface area (Å²) < 4.78 is 5.94. The Morgan fingerprint density at radius 2 is 1.74 bits per heavy atom. The van der Waals surface area contributed by atoms with Crippen LogP contribution in [0.2, 0.25) is 5.02 Å². The van der Waals surface area contributed by atoms with E-state index in [0.29, 0.717) is 32.9 Å². The minimum absolute atomic E-state index is 0.321. The molecular weight excluding hydrogens is 420 g/mol. The second-order valence-electron chi connectivity index (χ2n) is 8.70. The van der Waals surface area contributed by atoms with Crippen molar-refractivity contribution < 1.29 is 23.9 Å². The van der Waals surface area contributed by atoms with Gasteiger partial charge in [-0.1, -0.05) is 38.4 Å². The molecule has 0 saturated heterocycles. The number of rotatable bonds is 3. The van der Waals surface area contributed by atoms with Gasteiger partial charge in [-0.3, -0.25) is 14.5 Å². The fraction of sp³-hybridized carbons (Fsp3) is 0.261. The number of benzene rings is 2. The lowest BCUT2D eigenvalue weighted by molar-refractivity contribution is 0.0693. The van der Waals surface area contributed by atoms with Gasteiger partial charge in [0.15, 0.2) is 5.58 Å². The summed E-state index contributed by atoms with van der Waals surface area (Å²) in [5, 5.41) is 12.8. The number of imide groups is 1. The van der Waals surface area contributed by atoms with Crippen LogP contribution in [0.25, 0.3) is 22.1 Å². The van der Waals surface area contributed by atoms with Crippen LogP contribution in [0, 0.1) is 5.41 Å². The number of amides is 3. The topological polar surface area (TPSA) is 99.8 Å². The lowest BCUT2D eigenvalue weighted by Gasteiger charge is -2.28. The number of nitrogens with zero attached hydrogens (tertiary/aromatic N) is 1. The molecule has 2 N–H and O–H groups in total. The van der Waals surface area contributed by atoms with Gasteiger partial charge < -0.3 is 14.8 Å². The Morgan fingerprint density at radius 3 is 2.39 bits per heavy atom. The van der Waals surface area contributed by atoms with Crippen LogP contribution < -0.4 is 5.32 Å². The van der Waals surface area contributed by atoms with Crippen LogP contribution in [0.1, 0.15) is 53.3 Å². The number of furan rings is 1. The lowest BCUT2D eigenvalue weighted by atomic mass is 9.85. The third kappa shape index (κ3) is 3.55. The number of nitrogens with one attached hydrogen (secondary N) is 1. The first-order valence-electron chi connectivity index (χ1n) is 9.66. The fourth-order valence-corrected chi connectivity index (χ4v) is 4.08. The normalized spacial score (nSPS) is 14.8. The van der Waals surface area contributed by atoms with E-state index in [1.54, 1.807) is 30.3 Å². The van der Waals surface area contributed by atoms with Gasteiger partial charge in [-0.25, -0.2) is 4.79 Å². The first-order valence-corrected chi connectivity index (χ1v) is 10.0. The molecule has 1 unspecified atom stereocenters. The number of hydrogen-bond acceptors (Lipinski definition) is 4. The maximum atomic E-state index is 12.3. The summed E-state index contributed by atoms with van der Waals surface area (Å²) in [6.45, 7) is 5.73. The van der Waals surface area contributed by atoms with Gasteiger partial charge in [0.2, 0.25) is 0 Å². The predicted octanol–water partition coefficient (Wildman–Crippen LogP) is 5.33. The summed E-state index contributed by atoms with van der Waals surface area (Å²) in [5.41, 5.74) is 2.24. The van der Waals surface area contributed by atoms with E-state index in [9.17, 15) is 19.5 Å².